The van der Waals surface area contributed by atoms with Gasteiger partial charge < -0.3 is 25.8 Å². The van der Waals surface area contributed by atoms with Gasteiger partial charge in [0.2, 0.25) is 5.91 Å². The van der Waals surface area contributed by atoms with Crippen LogP contribution in [-0.2, 0) is 33.4 Å². The lowest BCUT2D eigenvalue weighted by atomic mass is 10.0. The molecule has 4 heterocycles. The van der Waals surface area contributed by atoms with Crippen LogP contribution in [0.1, 0.15) is 107 Å². The third kappa shape index (κ3) is 8.66. The largest absolute Gasteiger partial charge is 0.458 e. The average molecular weight is 610 g/mol. The Bertz CT molecular complexity index is 1080. The zero-order valence-corrected chi connectivity index (χ0v) is 26.8. The van der Waals surface area contributed by atoms with Gasteiger partial charge in [-0.05, 0) is 61.8 Å². The second-order valence-electron chi connectivity index (χ2n) is 13.5. The molecule has 0 bridgehead atoms. The van der Waals surface area contributed by atoms with Crippen LogP contribution in [-0.4, -0.2) is 85.9 Å². The Morgan fingerprint density at radius 1 is 0.721 bits per heavy atom. The van der Waals surface area contributed by atoms with E-state index in [1.807, 2.05) is 0 Å². The van der Waals surface area contributed by atoms with Gasteiger partial charge in [0.25, 0.3) is 11.8 Å². The number of carbonyl (C=O) groups excluding carboxylic acids is 7. The minimum absolute atomic E-state index is 0.175. The van der Waals surface area contributed by atoms with Gasteiger partial charge in [0.1, 0.15) is 34.4 Å². The molecule has 2 atom stereocenters. The van der Waals surface area contributed by atoms with Gasteiger partial charge in [-0.15, -0.1) is 0 Å². The normalized spacial score (nSPS) is 26.1. The number of amides is 7. The first-order chi connectivity index (χ1) is 19.5. The Balaban J connectivity index is 0.000000238. The molecule has 7 amide bonds. The molecule has 2 unspecified atom stereocenters. The Labute approximate surface area is 252 Å². The van der Waals surface area contributed by atoms with E-state index in [4.69, 9.17) is 15.2 Å². The summed E-state index contributed by atoms with van der Waals surface area (Å²) in [5.41, 5.74) is 1.77. The van der Waals surface area contributed by atoms with E-state index in [1.165, 1.54) is 12.8 Å². The number of nitrogens with one attached hydrogen (secondary N) is 2. The Morgan fingerprint density at radius 2 is 1.09 bits per heavy atom. The minimum Gasteiger partial charge on any atom is -0.458 e. The number of nitrogens with two attached hydrogens (primary N) is 1. The molecule has 4 aliphatic rings. The second kappa shape index (κ2) is 12.9. The first-order valence-corrected chi connectivity index (χ1v) is 14.6. The summed E-state index contributed by atoms with van der Waals surface area (Å²) in [5, 5.41) is 5.09. The highest BCUT2D eigenvalue weighted by Gasteiger charge is 2.55. The van der Waals surface area contributed by atoms with Gasteiger partial charge in [0.05, 0.1) is 0 Å². The van der Waals surface area contributed by atoms with E-state index in [-0.39, 0.29) is 17.7 Å². The van der Waals surface area contributed by atoms with Crippen LogP contribution in [0, 0.1) is 0 Å². The predicted molar refractivity (Wildman–Crippen MR) is 154 cm³/mol. The molecule has 14 heteroatoms. The van der Waals surface area contributed by atoms with E-state index in [0.717, 1.165) is 22.6 Å². The van der Waals surface area contributed by atoms with Crippen molar-refractivity contribution in [3.8, 4) is 0 Å². The standard InChI is InChI=1S/2C11H16N2O4.C7H15NO/c2*1-10(2)5-6(7(14)17-10)13-8(15)11(3,4)12-9(13)16;1-2-3-4-5-6-7(8)9/h2*6H,5H2,1-4H3,(H,12,16);2-6H2,1H3,(H2,8,9). The van der Waals surface area contributed by atoms with Crippen LogP contribution in [0.5, 0.6) is 0 Å². The molecule has 14 nitrogen and oxygen atoms in total. The molecule has 0 spiro atoms. The number of rotatable bonds is 7. The molecule has 4 saturated heterocycles. The highest BCUT2D eigenvalue weighted by Crippen LogP contribution is 2.33. The zero-order valence-electron chi connectivity index (χ0n) is 26.8. The quantitative estimate of drug-likeness (QED) is 0.220. The minimum atomic E-state index is -0.954. The van der Waals surface area contributed by atoms with Crippen molar-refractivity contribution >= 4 is 41.7 Å². The molecule has 242 valence electrons. The van der Waals surface area contributed by atoms with Crippen LogP contribution in [0.15, 0.2) is 0 Å². The van der Waals surface area contributed by atoms with Crippen LogP contribution < -0.4 is 16.4 Å². The number of imide groups is 2. The summed E-state index contributed by atoms with van der Waals surface area (Å²) in [6.07, 6.45) is 5.75. The summed E-state index contributed by atoms with van der Waals surface area (Å²) in [6.45, 7) is 15.6. The maximum atomic E-state index is 12.0. The van der Waals surface area contributed by atoms with Gasteiger partial charge in [-0.25, -0.2) is 29.0 Å². The number of nitrogens with zero attached hydrogens (tertiary/aromatic N) is 2. The van der Waals surface area contributed by atoms with Crippen molar-refractivity contribution in [2.75, 3.05) is 0 Å². The van der Waals surface area contributed by atoms with Crippen molar-refractivity contribution in [1.82, 2.24) is 20.4 Å². The lowest BCUT2D eigenvalue weighted by Crippen LogP contribution is -2.45. The van der Waals surface area contributed by atoms with Crippen molar-refractivity contribution in [3.05, 3.63) is 0 Å². The van der Waals surface area contributed by atoms with E-state index in [9.17, 15) is 33.6 Å². The van der Waals surface area contributed by atoms with E-state index in [0.29, 0.717) is 19.3 Å². The molecular formula is C29H47N5O9. The molecule has 43 heavy (non-hydrogen) atoms. The number of primary amides is 1. The number of urea groups is 2. The maximum absolute atomic E-state index is 12.0. The van der Waals surface area contributed by atoms with Crippen LogP contribution in [0.2, 0.25) is 0 Å². The van der Waals surface area contributed by atoms with Gasteiger partial charge in [-0.2, -0.15) is 0 Å². The van der Waals surface area contributed by atoms with E-state index in [2.05, 4.69) is 17.6 Å². The Morgan fingerprint density at radius 3 is 1.33 bits per heavy atom. The van der Waals surface area contributed by atoms with Crippen molar-refractivity contribution < 1.29 is 43.0 Å². The molecule has 4 fully saturated rings. The van der Waals surface area contributed by atoms with Crippen molar-refractivity contribution in [2.45, 2.75) is 142 Å². The maximum Gasteiger partial charge on any atom is 0.330 e. The topological polar surface area (TPSA) is 195 Å². The molecule has 4 rings (SSSR count). The van der Waals surface area contributed by atoms with Gasteiger partial charge in [-0.3, -0.25) is 14.4 Å². The molecule has 0 aliphatic carbocycles. The summed E-state index contributed by atoms with van der Waals surface area (Å²) in [5.74, 6) is -1.98. The average Bonchev–Trinajstić information content (AvgIpc) is 3.42. The highest BCUT2D eigenvalue weighted by atomic mass is 16.6. The predicted octanol–water partition coefficient (Wildman–Crippen LogP) is 2.26. The van der Waals surface area contributed by atoms with Crippen LogP contribution in [0.25, 0.3) is 0 Å². The van der Waals surface area contributed by atoms with Crippen molar-refractivity contribution in [2.24, 2.45) is 5.73 Å². The summed E-state index contributed by atoms with van der Waals surface area (Å²) in [6, 6.07) is -2.67. The fraction of sp³-hybridized carbons (Fsp3) is 0.759. The van der Waals surface area contributed by atoms with Gasteiger partial charge in [-0.1, -0.05) is 26.2 Å². The lowest BCUT2D eigenvalue weighted by Gasteiger charge is -2.19. The van der Waals surface area contributed by atoms with Crippen molar-refractivity contribution in [3.63, 3.8) is 0 Å². The molecular weight excluding hydrogens is 562 g/mol. The SMILES string of the molecule is CC1(C)CC(N2C(=O)NC(C)(C)C2=O)C(=O)O1.CC1(C)CC(N2C(=O)NC(C)(C)C2=O)C(=O)O1.CCCCCCC(N)=O. The summed E-state index contributed by atoms with van der Waals surface area (Å²) in [7, 11) is 0. The zero-order chi connectivity index (χ0) is 33.1. The third-order valence-corrected chi connectivity index (χ3v) is 7.35. The molecule has 0 aromatic rings. The third-order valence-electron chi connectivity index (χ3n) is 7.35. The Hall–Kier alpha value is -3.71. The Kier molecular flexibility index (Phi) is 10.6. The monoisotopic (exact) mass is 609 g/mol. The summed E-state index contributed by atoms with van der Waals surface area (Å²) < 4.78 is 10.3. The molecule has 0 saturated carbocycles. The number of hydrogen-bond acceptors (Lipinski definition) is 9. The first-order valence-electron chi connectivity index (χ1n) is 14.6. The molecule has 0 aromatic carbocycles. The lowest BCUT2D eigenvalue weighted by molar-refractivity contribution is -0.151. The fourth-order valence-electron chi connectivity index (χ4n) is 5.10. The number of ether oxygens (including phenoxy) is 2. The molecule has 0 aromatic heterocycles. The number of cyclic esters (lactones) is 2. The van der Waals surface area contributed by atoms with Crippen LogP contribution >= 0.6 is 0 Å². The summed E-state index contributed by atoms with van der Waals surface area (Å²) in [4.78, 5) is 83.0. The van der Waals surface area contributed by atoms with Crippen molar-refractivity contribution in [1.29, 1.82) is 0 Å². The number of hydrogen-bond donors (Lipinski definition) is 3. The molecule has 4 aliphatic heterocycles. The van der Waals surface area contributed by atoms with E-state index in [1.54, 1.807) is 55.4 Å². The fourth-order valence-corrected chi connectivity index (χ4v) is 5.10. The van der Waals surface area contributed by atoms with E-state index < -0.39 is 58.4 Å². The smallest absolute Gasteiger partial charge is 0.330 e. The van der Waals surface area contributed by atoms with Gasteiger partial charge in [0.15, 0.2) is 0 Å². The van der Waals surface area contributed by atoms with Gasteiger partial charge >= 0.3 is 24.0 Å². The van der Waals surface area contributed by atoms with E-state index >= 15 is 0 Å². The molecule has 0 radical (unpaired) electrons. The second-order valence-corrected chi connectivity index (χ2v) is 13.5. The molecule has 4 N–H and O–H groups in total. The highest BCUT2D eigenvalue weighted by molar-refractivity contribution is 6.10. The van der Waals surface area contributed by atoms with Gasteiger partial charge in [0, 0.05) is 19.3 Å². The summed E-state index contributed by atoms with van der Waals surface area (Å²) >= 11 is 0. The van der Waals surface area contributed by atoms with Crippen LogP contribution in [0.3, 0.4) is 0 Å². The first kappa shape index (κ1) is 35.5. The number of esters is 2. The number of unbranched alkanes of at least 4 members (excludes halogenated alkanes) is 3. The van der Waals surface area contributed by atoms with Crippen LogP contribution in [0.4, 0.5) is 9.59 Å². The number of carbonyl (C=O) groups is 7.